The van der Waals surface area contributed by atoms with Crippen LogP contribution < -0.4 is 0 Å². The molecular formula is C20H14Cl2NaO2. The summed E-state index contributed by atoms with van der Waals surface area (Å²) in [5.74, 6) is -0.983. The summed E-state index contributed by atoms with van der Waals surface area (Å²) in [6.45, 7) is 0. The van der Waals surface area contributed by atoms with Crippen LogP contribution >= 0.6 is 23.2 Å². The van der Waals surface area contributed by atoms with Crippen LogP contribution in [0.25, 0.3) is 16.8 Å². The van der Waals surface area contributed by atoms with E-state index in [2.05, 4.69) is 12.1 Å². The normalized spacial score (nSPS) is 10.8. The topological polar surface area (TPSA) is 37.3 Å². The first kappa shape index (κ1) is 20.0. The van der Waals surface area contributed by atoms with E-state index in [0.717, 1.165) is 33.5 Å². The maximum absolute atomic E-state index is 10.8. The number of halogens is 2. The number of hydrogen-bond acceptors (Lipinski definition) is 1. The van der Waals surface area contributed by atoms with Gasteiger partial charge in [-0.3, -0.25) is 0 Å². The van der Waals surface area contributed by atoms with Crippen LogP contribution in [0.1, 0.15) is 16.7 Å². The standard InChI is InChI=1S/C20H14Cl2O2.Na/c21-18-6-3-14-9-13(1-2-16(14)11-18)10-15-4-7-19(22)12-17(15)5-8-20(23)24;/h1-9,11-12H,10H2,(H,23,24);. The van der Waals surface area contributed by atoms with Gasteiger partial charge in [0.05, 0.1) is 0 Å². The van der Waals surface area contributed by atoms with E-state index in [1.165, 1.54) is 0 Å². The molecular weight excluding hydrogens is 366 g/mol. The van der Waals surface area contributed by atoms with Crippen LogP contribution in [0.4, 0.5) is 0 Å². The smallest absolute Gasteiger partial charge is 0.328 e. The van der Waals surface area contributed by atoms with Gasteiger partial charge >= 0.3 is 5.97 Å². The van der Waals surface area contributed by atoms with E-state index >= 15 is 0 Å². The predicted octanol–water partition coefficient (Wildman–Crippen LogP) is 5.45. The monoisotopic (exact) mass is 379 g/mol. The van der Waals surface area contributed by atoms with E-state index in [0.29, 0.717) is 16.5 Å². The Kier molecular flexibility index (Phi) is 7.12. The molecule has 3 rings (SSSR count). The number of carboxylic acid groups (broad SMARTS) is 1. The quantitative estimate of drug-likeness (QED) is 0.483. The number of aliphatic carboxylic acids is 1. The molecule has 1 radical (unpaired) electrons. The number of rotatable bonds is 4. The Labute approximate surface area is 178 Å². The van der Waals surface area contributed by atoms with Gasteiger partial charge in [-0.25, -0.2) is 4.79 Å². The van der Waals surface area contributed by atoms with Gasteiger partial charge in [-0.1, -0.05) is 53.5 Å². The second kappa shape index (κ2) is 8.88. The molecule has 0 bridgehead atoms. The molecule has 0 aliphatic rings. The molecule has 5 heteroatoms. The van der Waals surface area contributed by atoms with Crippen molar-refractivity contribution in [2.24, 2.45) is 0 Å². The van der Waals surface area contributed by atoms with Crippen LogP contribution in [0.2, 0.25) is 10.0 Å². The molecule has 25 heavy (non-hydrogen) atoms. The SMILES string of the molecule is O=C(O)C=Cc1cc(Cl)ccc1Cc1ccc2cc(Cl)ccc2c1.[Na]. The second-order valence-electron chi connectivity index (χ2n) is 5.52. The van der Waals surface area contributed by atoms with Gasteiger partial charge in [0, 0.05) is 45.7 Å². The van der Waals surface area contributed by atoms with Gasteiger partial charge in [0.2, 0.25) is 0 Å². The summed E-state index contributed by atoms with van der Waals surface area (Å²) in [5.41, 5.74) is 2.96. The number of fused-ring (bicyclic) bond motifs is 1. The first-order valence-electron chi connectivity index (χ1n) is 7.39. The van der Waals surface area contributed by atoms with Crippen molar-refractivity contribution < 1.29 is 9.90 Å². The van der Waals surface area contributed by atoms with Crippen LogP contribution in [0.5, 0.6) is 0 Å². The summed E-state index contributed by atoms with van der Waals surface area (Å²) in [6, 6.07) is 17.5. The van der Waals surface area contributed by atoms with Crippen molar-refractivity contribution in [2.75, 3.05) is 0 Å². The Morgan fingerprint density at radius 1 is 0.920 bits per heavy atom. The van der Waals surface area contributed by atoms with Gasteiger partial charge in [0.1, 0.15) is 0 Å². The van der Waals surface area contributed by atoms with E-state index < -0.39 is 5.97 Å². The molecule has 1 N–H and O–H groups in total. The first-order chi connectivity index (χ1) is 11.5. The summed E-state index contributed by atoms with van der Waals surface area (Å²) in [5, 5.41) is 12.3. The average molecular weight is 380 g/mol. The molecule has 0 aliphatic heterocycles. The fraction of sp³-hybridized carbons (Fsp3) is 0.0500. The fourth-order valence-corrected chi connectivity index (χ4v) is 3.00. The zero-order chi connectivity index (χ0) is 17.1. The van der Waals surface area contributed by atoms with E-state index in [9.17, 15) is 4.79 Å². The first-order valence-corrected chi connectivity index (χ1v) is 8.14. The van der Waals surface area contributed by atoms with Crippen LogP contribution in [0, 0.1) is 0 Å². The molecule has 2 nitrogen and oxygen atoms in total. The molecule has 0 heterocycles. The maximum atomic E-state index is 10.8. The van der Waals surface area contributed by atoms with Crippen LogP contribution in [-0.4, -0.2) is 40.6 Å². The molecule has 0 amide bonds. The Morgan fingerprint density at radius 3 is 2.32 bits per heavy atom. The molecule has 0 unspecified atom stereocenters. The van der Waals surface area contributed by atoms with Crippen molar-refractivity contribution in [3.63, 3.8) is 0 Å². The van der Waals surface area contributed by atoms with Crippen LogP contribution in [0.15, 0.2) is 60.7 Å². The molecule has 0 fully saturated rings. The third-order valence-corrected chi connectivity index (χ3v) is 4.24. The largest absolute Gasteiger partial charge is 0.478 e. The molecule has 0 saturated heterocycles. The zero-order valence-corrected chi connectivity index (χ0v) is 17.2. The average Bonchev–Trinajstić information content (AvgIpc) is 2.55. The van der Waals surface area contributed by atoms with Crippen LogP contribution in [0.3, 0.4) is 0 Å². The maximum Gasteiger partial charge on any atom is 0.328 e. The van der Waals surface area contributed by atoms with Gasteiger partial charge in [-0.05, 0) is 64.2 Å². The zero-order valence-electron chi connectivity index (χ0n) is 13.7. The van der Waals surface area contributed by atoms with Gasteiger partial charge in [0.15, 0.2) is 0 Å². The Bertz CT molecular complexity index is 952. The Morgan fingerprint density at radius 2 is 1.56 bits per heavy atom. The Hall–Kier alpha value is -1.29. The summed E-state index contributed by atoms with van der Waals surface area (Å²) < 4.78 is 0. The van der Waals surface area contributed by atoms with Crippen molar-refractivity contribution in [1.29, 1.82) is 0 Å². The number of carboxylic acids is 1. The number of benzene rings is 3. The van der Waals surface area contributed by atoms with E-state index in [1.54, 1.807) is 12.1 Å². The predicted molar refractivity (Wildman–Crippen MR) is 106 cm³/mol. The molecule has 0 aliphatic carbocycles. The molecule has 121 valence electrons. The third-order valence-electron chi connectivity index (χ3n) is 3.77. The Balaban J connectivity index is 0.00000225. The van der Waals surface area contributed by atoms with Crippen molar-refractivity contribution >= 4 is 75.6 Å². The molecule has 0 saturated carbocycles. The van der Waals surface area contributed by atoms with E-state index in [1.807, 2.05) is 36.4 Å². The molecule has 3 aromatic carbocycles. The number of carbonyl (C=O) groups is 1. The minimum absolute atomic E-state index is 0. The van der Waals surface area contributed by atoms with Gasteiger partial charge < -0.3 is 5.11 Å². The molecule has 0 atom stereocenters. The number of hydrogen-bond donors (Lipinski definition) is 1. The van der Waals surface area contributed by atoms with Crippen molar-refractivity contribution in [1.82, 2.24) is 0 Å². The van der Waals surface area contributed by atoms with Crippen molar-refractivity contribution in [2.45, 2.75) is 6.42 Å². The van der Waals surface area contributed by atoms with E-state index in [-0.39, 0.29) is 29.6 Å². The van der Waals surface area contributed by atoms with Gasteiger partial charge in [-0.15, -0.1) is 0 Å². The summed E-state index contributed by atoms with van der Waals surface area (Å²) in [6.07, 6.45) is 3.39. The van der Waals surface area contributed by atoms with Crippen LogP contribution in [-0.2, 0) is 11.2 Å². The van der Waals surface area contributed by atoms with Crippen molar-refractivity contribution in [3.05, 3.63) is 87.4 Å². The minimum atomic E-state index is -0.983. The second-order valence-corrected chi connectivity index (χ2v) is 6.39. The fourth-order valence-electron chi connectivity index (χ4n) is 2.64. The molecule has 0 spiro atoms. The summed E-state index contributed by atoms with van der Waals surface area (Å²) >= 11 is 12.1. The third kappa shape index (κ3) is 5.34. The van der Waals surface area contributed by atoms with Crippen molar-refractivity contribution in [3.8, 4) is 0 Å². The van der Waals surface area contributed by atoms with Gasteiger partial charge in [0.25, 0.3) is 0 Å². The molecule has 0 aromatic heterocycles. The minimum Gasteiger partial charge on any atom is -0.478 e. The summed E-state index contributed by atoms with van der Waals surface area (Å²) in [7, 11) is 0. The van der Waals surface area contributed by atoms with E-state index in [4.69, 9.17) is 28.3 Å². The van der Waals surface area contributed by atoms with Gasteiger partial charge in [-0.2, -0.15) is 0 Å². The summed E-state index contributed by atoms with van der Waals surface area (Å²) in [4.78, 5) is 10.8. The molecule has 3 aromatic rings.